The molecule has 11 heteroatoms. The predicted molar refractivity (Wildman–Crippen MR) is 112 cm³/mol. The van der Waals surface area contributed by atoms with Crippen molar-refractivity contribution in [3.8, 4) is 11.5 Å². The topological polar surface area (TPSA) is 124 Å². The molecule has 0 bridgehead atoms. The molecule has 32 heavy (non-hydrogen) atoms. The molecular formula is C21H20N4O6S. The second-order valence-electron chi connectivity index (χ2n) is 7.60. The minimum Gasteiger partial charge on any atom is -0.454 e. The second-order valence-corrected chi connectivity index (χ2v) is 9.59. The fourth-order valence-corrected chi connectivity index (χ4v) is 4.77. The van der Waals surface area contributed by atoms with Gasteiger partial charge in [-0.25, -0.2) is 8.42 Å². The zero-order valence-corrected chi connectivity index (χ0v) is 18.0. The summed E-state index contributed by atoms with van der Waals surface area (Å²) in [6.45, 7) is 0.194. The summed E-state index contributed by atoms with van der Waals surface area (Å²) in [4.78, 5) is 12.6. The number of nitrogens with zero attached hydrogens (tertiary/aromatic N) is 3. The number of sulfonamides is 1. The molecule has 1 amide bonds. The van der Waals surface area contributed by atoms with E-state index in [2.05, 4.69) is 15.5 Å². The van der Waals surface area contributed by atoms with Crippen LogP contribution in [-0.2, 0) is 16.4 Å². The minimum atomic E-state index is -3.56. The van der Waals surface area contributed by atoms with Gasteiger partial charge in [-0.3, -0.25) is 10.1 Å². The summed E-state index contributed by atoms with van der Waals surface area (Å²) in [5.74, 6) is 1.18. The van der Waals surface area contributed by atoms with Crippen LogP contribution in [-0.4, -0.2) is 48.7 Å². The fraction of sp³-hybridized carbons (Fsp3) is 0.286. The van der Waals surface area contributed by atoms with Crippen molar-refractivity contribution in [2.24, 2.45) is 0 Å². The van der Waals surface area contributed by atoms with Gasteiger partial charge in [0.1, 0.15) is 0 Å². The van der Waals surface area contributed by atoms with E-state index in [-0.39, 0.29) is 29.3 Å². The van der Waals surface area contributed by atoms with Crippen LogP contribution in [0.15, 0.2) is 51.8 Å². The van der Waals surface area contributed by atoms with Crippen LogP contribution in [0.25, 0.3) is 0 Å². The molecule has 2 aliphatic rings. The highest BCUT2D eigenvalue weighted by atomic mass is 32.2. The van der Waals surface area contributed by atoms with Crippen molar-refractivity contribution in [2.75, 3.05) is 19.2 Å². The van der Waals surface area contributed by atoms with Gasteiger partial charge in [0.2, 0.25) is 22.7 Å². The van der Waals surface area contributed by atoms with Crippen molar-refractivity contribution >= 4 is 21.9 Å². The molecule has 1 aromatic heterocycles. The lowest BCUT2D eigenvalue weighted by atomic mass is 10.1. The van der Waals surface area contributed by atoms with Gasteiger partial charge < -0.3 is 13.9 Å². The van der Waals surface area contributed by atoms with Gasteiger partial charge in [0.05, 0.1) is 11.3 Å². The standard InChI is InChI=1S/C21H20N4O6S/c1-25(15-5-6-15)32(27,28)16-7-3-14(4-8-16)20(26)22-21-24-23-19(31-21)11-13-2-9-17-18(10-13)30-12-29-17/h2-4,7-10,15H,5-6,11-12H2,1H3,(H,22,24,26). The van der Waals surface area contributed by atoms with Crippen LogP contribution in [0.1, 0.15) is 34.7 Å². The molecule has 1 aliphatic carbocycles. The molecule has 2 heterocycles. The fourth-order valence-electron chi connectivity index (χ4n) is 3.35. The van der Waals surface area contributed by atoms with Crippen molar-refractivity contribution in [1.82, 2.24) is 14.5 Å². The van der Waals surface area contributed by atoms with E-state index in [1.54, 1.807) is 7.05 Å². The molecule has 5 rings (SSSR count). The maximum Gasteiger partial charge on any atom is 0.322 e. The molecular weight excluding hydrogens is 436 g/mol. The van der Waals surface area contributed by atoms with Crippen molar-refractivity contribution in [3.05, 3.63) is 59.5 Å². The first kappa shape index (κ1) is 20.5. The number of amides is 1. The Hall–Kier alpha value is -3.44. The molecule has 0 unspecified atom stereocenters. The third-order valence-corrected chi connectivity index (χ3v) is 7.26. The number of rotatable bonds is 7. The summed E-state index contributed by atoms with van der Waals surface area (Å²) >= 11 is 0. The molecule has 1 saturated carbocycles. The molecule has 1 aliphatic heterocycles. The van der Waals surface area contributed by atoms with Gasteiger partial charge in [0, 0.05) is 18.7 Å². The lowest BCUT2D eigenvalue weighted by molar-refractivity contribution is 0.102. The summed E-state index contributed by atoms with van der Waals surface area (Å²) in [6.07, 6.45) is 2.11. The smallest absolute Gasteiger partial charge is 0.322 e. The van der Waals surface area contributed by atoms with Gasteiger partial charge in [-0.1, -0.05) is 11.2 Å². The molecule has 0 saturated heterocycles. The Kier molecular flexibility index (Phi) is 5.06. The number of benzene rings is 2. The van der Waals surface area contributed by atoms with E-state index in [1.165, 1.54) is 28.6 Å². The maximum absolute atomic E-state index is 12.6. The van der Waals surface area contributed by atoms with Crippen LogP contribution in [0.5, 0.6) is 11.5 Å². The largest absolute Gasteiger partial charge is 0.454 e. The summed E-state index contributed by atoms with van der Waals surface area (Å²) in [7, 11) is -1.99. The highest BCUT2D eigenvalue weighted by Crippen LogP contribution is 2.33. The number of carbonyl (C=O) groups excluding carboxylic acids is 1. The molecule has 3 aromatic rings. The summed E-state index contributed by atoms with van der Waals surface area (Å²) in [5, 5.41) is 10.3. The van der Waals surface area contributed by atoms with Crippen molar-refractivity contribution in [3.63, 3.8) is 0 Å². The lowest BCUT2D eigenvalue weighted by Crippen LogP contribution is -2.29. The van der Waals surface area contributed by atoms with E-state index < -0.39 is 15.9 Å². The monoisotopic (exact) mass is 456 g/mol. The number of carbonyl (C=O) groups is 1. The van der Waals surface area contributed by atoms with Crippen LogP contribution in [0.2, 0.25) is 0 Å². The van der Waals surface area contributed by atoms with Gasteiger partial charge in [-0.15, -0.1) is 5.10 Å². The van der Waals surface area contributed by atoms with Crippen LogP contribution in [0.3, 0.4) is 0 Å². The number of hydrogen-bond donors (Lipinski definition) is 1. The number of anilines is 1. The zero-order valence-electron chi connectivity index (χ0n) is 17.1. The Bertz CT molecular complexity index is 1270. The van der Waals surface area contributed by atoms with Crippen molar-refractivity contribution in [1.29, 1.82) is 0 Å². The summed E-state index contributed by atoms with van der Waals surface area (Å²) < 4.78 is 42.7. The second kappa shape index (κ2) is 7.92. The van der Waals surface area contributed by atoms with Gasteiger partial charge >= 0.3 is 6.01 Å². The molecule has 0 radical (unpaired) electrons. The Balaban J connectivity index is 1.23. The first-order valence-corrected chi connectivity index (χ1v) is 11.4. The van der Waals surface area contributed by atoms with Crippen LogP contribution >= 0.6 is 0 Å². The Morgan fingerprint density at radius 2 is 1.84 bits per heavy atom. The number of nitrogens with one attached hydrogen (secondary N) is 1. The van der Waals surface area contributed by atoms with Gasteiger partial charge in [-0.05, 0) is 54.8 Å². The SMILES string of the molecule is CN(C1CC1)S(=O)(=O)c1ccc(C(=O)Nc2nnc(Cc3ccc4c(c3)OCO4)o2)cc1. The summed E-state index contributed by atoms with van der Waals surface area (Å²) in [6, 6.07) is 11.3. The Morgan fingerprint density at radius 1 is 1.09 bits per heavy atom. The van der Waals surface area contributed by atoms with Gasteiger partial charge in [0.15, 0.2) is 11.5 Å². The number of aromatic nitrogens is 2. The zero-order chi connectivity index (χ0) is 22.3. The van der Waals surface area contributed by atoms with Crippen LogP contribution in [0, 0.1) is 0 Å². The van der Waals surface area contributed by atoms with Crippen LogP contribution < -0.4 is 14.8 Å². The average molecular weight is 456 g/mol. The van der Waals surface area contributed by atoms with E-state index in [0.717, 1.165) is 18.4 Å². The average Bonchev–Trinajstić information content (AvgIpc) is 3.38. The van der Waals surface area contributed by atoms with E-state index >= 15 is 0 Å². The number of fused-ring (bicyclic) bond motifs is 1. The molecule has 166 valence electrons. The van der Waals surface area contributed by atoms with E-state index in [4.69, 9.17) is 13.9 Å². The highest BCUT2D eigenvalue weighted by molar-refractivity contribution is 7.89. The van der Waals surface area contributed by atoms with Crippen molar-refractivity contribution in [2.45, 2.75) is 30.2 Å². The highest BCUT2D eigenvalue weighted by Gasteiger charge is 2.35. The van der Waals surface area contributed by atoms with Gasteiger partial charge in [0.25, 0.3) is 5.91 Å². The number of hydrogen-bond acceptors (Lipinski definition) is 8. The van der Waals surface area contributed by atoms with E-state index in [0.29, 0.717) is 23.8 Å². The quantitative estimate of drug-likeness (QED) is 0.575. The van der Waals surface area contributed by atoms with E-state index in [1.807, 2.05) is 18.2 Å². The summed E-state index contributed by atoms with van der Waals surface area (Å²) in [5.41, 5.74) is 1.16. The third kappa shape index (κ3) is 4.04. The van der Waals surface area contributed by atoms with E-state index in [9.17, 15) is 13.2 Å². The Morgan fingerprint density at radius 3 is 2.59 bits per heavy atom. The normalized spacial score (nSPS) is 15.2. The third-order valence-electron chi connectivity index (χ3n) is 5.33. The first-order valence-electron chi connectivity index (χ1n) is 10.0. The van der Waals surface area contributed by atoms with Gasteiger partial charge in [-0.2, -0.15) is 4.31 Å². The molecule has 1 N–H and O–H groups in total. The Labute approximate surface area is 184 Å². The maximum atomic E-state index is 12.6. The predicted octanol–water partition coefficient (Wildman–Crippen LogP) is 2.42. The molecule has 0 atom stereocenters. The molecule has 10 nitrogen and oxygen atoms in total. The first-order chi connectivity index (χ1) is 15.4. The molecule has 1 fully saturated rings. The van der Waals surface area contributed by atoms with Crippen molar-refractivity contribution < 1.29 is 27.1 Å². The minimum absolute atomic E-state index is 0.0455. The molecule has 0 spiro atoms. The lowest BCUT2D eigenvalue weighted by Gasteiger charge is -2.16. The number of ether oxygens (including phenoxy) is 2. The van der Waals surface area contributed by atoms with Crippen LogP contribution in [0.4, 0.5) is 6.01 Å². The molecule has 2 aromatic carbocycles.